The van der Waals surface area contributed by atoms with Crippen molar-refractivity contribution in [1.29, 1.82) is 0 Å². The maximum atomic E-state index is 9.55. The van der Waals surface area contributed by atoms with Crippen LogP contribution in [0, 0.1) is 0 Å². The molecule has 0 bridgehead atoms. The average Bonchev–Trinajstić information content (AvgIpc) is 2.28. The second kappa shape index (κ2) is 11.7. The van der Waals surface area contributed by atoms with E-state index in [9.17, 15) is 9.59 Å². The molecule has 112 valence electrons. The first-order valence-electron chi connectivity index (χ1n) is 6.78. The number of carbonyl (C=O) groups is 2. The number of rotatable bonds is 8. The van der Waals surface area contributed by atoms with Gasteiger partial charge in [0, 0.05) is 12.2 Å². The molecule has 0 aliphatic carbocycles. The molecule has 0 radical (unpaired) electrons. The van der Waals surface area contributed by atoms with E-state index in [-0.39, 0.29) is 0 Å². The minimum Gasteiger partial charge on any atom is -0.478 e. The van der Waals surface area contributed by atoms with Gasteiger partial charge in [-0.15, -0.1) is 0 Å². The van der Waals surface area contributed by atoms with Crippen LogP contribution in [0.1, 0.15) is 40.0 Å². The van der Waals surface area contributed by atoms with E-state index in [0.29, 0.717) is 12.2 Å². The van der Waals surface area contributed by atoms with E-state index in [2.05, 4.69) is 27.8 Å². The van der Waals surface area contributed by atoms with E-state index >= 15 is 0 Å². The van der Waals surface area contributed by atoms with Gasteiger partial charge in [0.2, 0.25) is 0 Å². The Bertz CT molecular complexity index is 254. The lowest BCUT2D eigenvalue weighted by atomic mass is 10.2. The molecule has 0 spiro atoms. The van der Waals surface area contributed by atoms with Gasteiger partial charge in [-0.2, -0.15) is 0 Å². The van der Waals surface area contributed by atoms with E-state index in [4.69, 9.17) is 10.2 Å². The van der Waals surface area contributed by atoms with Crippen LogP contribution in [-0.2, 0) is 9.59 Å². The molecule has 0 saturated carbocycles. The van der Waals surface area contributed by atoms with Gasteiger partial charge in [0.15, 0.2) is 0 Å². The highest BCUT2D eigenvalue weighted by molar-refractivity contribution is 5.89. The van der Waals surface area contributed by atoms with Crippen molar-refractivity contribution in [3.8, 4) is 0 Å². The molecule has 0 heterocycles. The zero-order valence-electron chi connectivity index (χ0n) is 12.6. The van der Waals surface area contributed by atoms with E-state index in [1.165, 1.54) is 43.4 Å². The zero-order chi connectivity index (χ0) is 15.3. The molecule has 0 saturated heterocycles. The molecule has 0 amide bonds. The number of carboxylic acids is 2. The highest BCUT2D eigenvalue weighted by Gasteiger charge is 2.16. The zero-order valence-corrected chi connectivity index (χ0v) is 12.6. The smallest absolute Gasteiger partial charge is 0.328 e. The summed E-state index contributed by atoms with van der Waals surface area (Å²) in [5.74, 6) is -2.51. The number of hydrogen-bond donors (Lipinski definition) is 2. The minimum atomic E-state index is -1.26. The van der Waals surface area contributed by atoms with Crippen molar-refractivity contribution in [1.82, 2.24) is 0 Å². The molecular formula is C14H28NO4+. The van der Waals surface area contributed by atoms with Crippen LogP contribution >= 0.6 is 0 Å². The SMILES string of the molecule is CCC[N+](C)(CCC)CCC.O=C(O)/C=C/C(=O)O. The van der Waals surface area contributed by atoms with Crippen LogP contribution < -0.4 is 0 Å². The van der Waals surface area contributed by atoms with Crippen molar-refractivity contribution in [2.45, 2.75) is 40.0 Å². The number of hydrogen-bond acceptors (Lipinski definition) is 2. The molecule has 0 unspecified atom stereocenters. The summed E-state index contributed by atoms with van der Waals surface area (Å²) in [4.78, 5) is 19.1. The van der Waals surface area contributed by atoms with Gasteiger partial charge in [-0.25, -0.2) is 9.59 Å². The van der Waals surface area contributed by atoms with E-state index < -0.39 is 11.9 Å². The van der Waals surface area contributed by atoms with Crippen molar-refractivity contribution in [3.63, 3.8) is 0 Å². The maximum absolute atomic E-state index is 9.55. The summed E-state index contributed by atoms with van der Waals surface area (Å²) >= 11 is 0. The quantitative estimate of drug-likeness (QED) is 0.526. The van der Waals surface area contributed by atoms with Crippen molar-refractivity contribution >= 4 is 11.9 Å². The van der Waals surface area contributed by atoms with Gasteiger partial charge in [0.25, 0.3) is 0 Å². The van der Waals surface area contributed by atoms with Gasteiger partial charge in [0.1, 0.15) is 0 Å². The summed E-state index contributed by atoms with van der Waals surface area (Å²) < 4.78 is 1.28. The van der Waals surface area contributed by atoms with E-state index in [1.807, 2.05) is 0 Å². The van der Waals surface area contributed by atoms with Crippen LogP contribution in [0.5, 0.6) is 0 Å². The fourth-order valence-electron chi connectivity index (χ4n) is 2.10. The molecule has 5 nitrogen and oxygen atoms in total. The lowest BCUT2D eigenvalue weighted by molar-refractivity contribution is -0.909. The van der Waals surface area contributed by atoms with Crippen LogP contribution in [0.25, 0.3) is 0 Å². The highest BCUT2D eigenvalue weighted by atomic mass is 16.4. The maximum Gasteiger partial charge on any atom is 0.328 e. The van der Waals surface area contributed by atoms with Crippen molar-refractivity contribution in [2.24, 2.45) is 0 Å². The van der Waals surface area contributed by atoms with Crippen LogP contribution in [-0.4, -0.2) is 53.3 Å². The predicted octanol–water partition coefficient (Wildman–Crippen LogP) is 2.37. The minimum absolute atomic E-state index is 0.558. The van der Waals surface area contributed by atoms with Crippen LogP contribution in [0.2, 0.25) is 0 Å². The molecule has 0 aliphatic heterocycles. The molecular weight excluding hydrogens is 246 g/mol. The van der Waals surface area contributed by atoms with Gasteiger partial charge < -0.3 is 14.7 Å². The molecule has 0 aromatic rings. The molecule has 0 aromatic heterocycles. The monoisotopic (exact) mass is 274 g/mol. The molecule has 2 N–H and O–H groups in total. The van der Waals surface area contributed by atoms with Gasteiger partial charge in [-0.1, -0.05) is 20.8 Å². The van der Waals surface area contributed by atoms with Gasteiger partial charge >= 0.3 is 11.9 Å². The fraction of sp³-hybridized carbons (Fsp3) is 0.714. The topological polar surface area (TPSA) is 74.6 Å². The molecule has 0 aromatic carbocycles. The van der Waals surface area contributed by atoms with Gasteiger partial charge in [-0.3, -0.25) is 0 Å². The number of quaternary nitrogens is 1. The molecule has 5 heteroatoms. The normalized spacial score (nSPS) is 10.9. The first-order valence-corrected chi connectivity index (χ1v) is 6.78. The third-order valence-electron chi connectivity index (χ3n) is 2.66. The molecule has 19 heavy (non-hydrogen) atoms. The van der Waals surface area contributed by atoms with Gasteiger partial charge in [-0.05, 0) is 19.3 Å². The first-order chi connectivity index (χ1) is 8.81. The van der Waals surface area contributed by atoms with Crippen LogP contribution in [0.3, 0.4) is 0 Å². The Balaban J connectivity index is 0. The Kier molecular flexibility index (Phi) is 12.3. The Labute approximate surface area is 116 Å². The second-order valence-electron chi connectivity index (χ2n) is 4.80. The molecule has 0 atom stereocenters. The molecule has 0 aliphatic rings. The number of carboxylic acid groups (broad SMARTS) is 2. The summed E-state index contributed by atoms with van der Waals surface area (Å²) in [7, 11) is 2.39. The lowest BCUT2D eigenvalue weighted by Gasteiger charge is -2.33. The van der Waals surface area contributed by atoms with E-state index in [1.54, 1.807) is 0 Å². The third kappa shape index (κ3) is 14.6. The average molecular weight is 274 g/mol. The van der Waals surface area contributed by atoms with Crippen molar-refractivity contribution < 1.29 is 24.3 Å². The third-order valence-corrected chi connectivity index (χ3v) is 2.66. The van der Waals surface area contributed by atoms with Crippen LogP contribution in [0.4, 0.5) is 0 Å². The van der Waals surface area contributed by atoms with Crippen LogP contribution in [0.15, 0.2) is 12.2 Å². The van der Waals surface area contributed by atoms with Crippen molar-refractivity contribution in [3.05, 3.63) is 12.2 Å². The van der Waals surface area contributed by atoms with E-state index in [0.717, 1.165) is 0 Å². The summed E-state index contributed by atoms with van der Waals surface area (Å²) in [6, 6.07) is 0. The molecule has 0 fully saturated rings. The Hall–Kier alpha value is -1.36. The largest absolute Gasteiger partial charge is 0.478 e. The second-order valence-corrected chi connectivity index (χ2v) is 4.80. The lowest BCUT2D eigenvalue weighted by Crippen LogP contribution is -2.45. The predicted molar refractivity (Wildman–Crippen MR) is 76.1 cm³/mol. The summed E-state index contributed by atoms with van der Waals surface area (Å²) in [5, 5.41) is 15.6. The Morgan fingerprint density at radius 1 is 0.842 bits per heavy atom. The first kappa shape index (κ1) is 20.0. The highest BCUT2D eigenvalue weighted by Crippen LogP contribution is 2.06. The summed E-state index contributed by atoms with van der Waals surface area (Å²) in [6.07, 6.45) is 5.06. The standard InChI is InChI=1S/C10H24N.C4H4O4/c1-5-8-11(4,9-6-2)10-7-3;5-3(6)1-2-4(7)8/h5-10H2,1-4H3;1-2H,(H,5,6)(H,7,8)/q+1;/b;2-1+. The number of nitrogens with zero attached hydrogens (tertiary/aromatic N) is 1. The Morgan fingerprint density at radius 3 is 1.26 bits per heavy atom. The fourth-order valence-corrected chi connectivity index (χ4v) is 2.10. The summed E-state index contributed by atoms with van der Waals surface area (Å²) in [5.41, 5.74) is 0. The van der Waals surface area contributed by atoms with Crippen molar-refractivity contribution in [2.75, 3.05) is 26.7 Å². The number of aliphatic carboxylic acids is 2. The summed E-state index contributed by atoms with van der Waals surface area (Å²) in [6.45, 7) is 10.9. The Morgan fingerprint density at radius 2 is 1.11 bits per heavy atom. The van der Waals surface area contributed by atoms with Gasteiger partial charge in [0.05, 0.1) is 26.7 Å². The molecule has 0 rings (SSSR count).